The molecule has 0 aliphatic heterocycles. The van der Waals surface area contributed by atoms with Crippen molar-refractivity contribution in [3.8, 4) is 17.2 Å². The average Bonchev–Trinajstić information content (AvgIpc) is 2.51. The van der Waals surface area contributed by atoms with Gasteiger partial charge in [-0.05, 0) is 31.0 Å². The number of hydrogen-bond acceptors (Lipinski definition) is 5. The lowest BCUT2D eigenvalue weighted by molar-refractivity contribution is -0.139. The molecular formula is C16H25NO5. The Balaban J connectivity index is 2.93. The Labute approximate surface area is 131 Å². The highest BCUT2D eigenvalue weighted by atomic mass is 16.5. The monoisotopic (exact) mass is 311 g/mol. The van der Waals surface area contributed by atoms with Crippen molar-refractivity contribution in [1.82, 2.24) is 5.32 Å². The summed E-state index contributed by atoms with van der Waals surface area (Å²) in [5.74, 6) is 0.854. The van der Waals surface area contributed by atoms with Crippen LogP contribution in [0.5, 0.6) is 17.2 Å². The van der Waals surface area contributed by atoms with Crippen LogP contribution in [0, 0.1) is 0 Å². The van der Waals surface area contributed by atoms with Crippen molar-refractivity contribution in [1.29, 1.82) is 0 Å². The highest BCUT2D eigenvalue weighted by Crippen LogP contribution is 2.38. The first-order valence-electron chi connectivity index (χ1n) is 7.41. The second kappa shape index (κ2) is 9.15. The third kappa shape index (κ3) is 4.80. The van der Waals surface area contributed by atoms with Crippen molar-refractivity contribution in [3.63, 3.8) is 0 Å². The Bertz CT molecular complexity index is 464. The molecule has 6 nitrogen and oxygen atoms in total. The van der Waals surface area contributed by atoms with Gasteiger partial charge in [0.1, 0.15) is 6.04 Å². The fourth-order valence-electron chi connectivity index (χ4n) is 2.17. The topological polar surface area (TPSA) is 77.0 Å². The summed E-state index contributed by atoms with van der Waals surface area (Å²) >= 11 is 0. The van der Waals surface area contributed by atoms with Gasteiger partial charge in [-0.15, -0.1) is 0 Å². The van der Waals surface area contributed by atoms with Crippen LogP contribution in [0.3, 0.4) is 0 Å². The lowest BCUT2D eigenvalue weighted by atomic mass is 10.1. The number of carbonyl (C=O) groups is 1. The summed E-state index contributed by atoms with van der Waals surface area (Å²) in [4.78, 5) is 11.2. The molecule has 22 heavy (non-hydrogen) atoms. The van der Waals surface area contributed by atoms with E-state index in [0.717, 1.165) is 12.0 Å². The summed E-state index contributed by atoms with van der Waals surface area (Å²) in [6.07, 6.45) is 1.39. The van der Waals surface area contributed by atoms with E-state index in [-0.39, 0.29) is 0 Å². The highest BCUT2D eigenvalue weighted by Gasteiger charge is 2.17. The second-order valence-corrected chi connectivity index (χ2v) is 4.82. The number of ether oxygens (including phenoxy) is 3. The lowest BCUT2D eigenvalue weighted by Gasteiger charge is -2.17. The van der Waals surface area contributed by atoms with Crippen LogP contribution in [0.25, 0.3) is 0 Å². The minimum Gasteiger partial charge on any atom is -0.493 e. The predicted molar refractivity (Wildman–Crippen MR) is 83.9 cm³/mol. The summed E-state index contributed by atoms with van der Waals surface area (Å²) in [5.41, 5.74) is 0.875. The molecule has 0 bridgehead atoms. The Morgan fingerprint density at radius 3 is 2.23 bits per heavy atom. The number of nitrogens with one attached hydrogen (secondary N) is 1. The van der Waals surface area contributed by atoms with E-state index in [2.05, 4.69) is 5.32 Å². The van der Waals surface area contributed by atoms with Crippen LogP contribution in [-0.2, 0) is 11.3 Å². The van der Waals surface area contributed by atoms with Crippen molar-refractivity contribution < 1.29 is 24.1 Å². The average molecular weight is 311 g/mol. The maximum atomic E-state index is 11.2. The maximum absolute atomic E-state index is 11.2. The molecule has 0 aliphatic carbocycles. The molecule has 0 saturated heterocycles. The molecule has 1 aromatic rings. The zero-order valence-electron chi connectivity index (χ0n) is 13.6. The SMILES string of the molecule is CCCC(NCc1cc(OC)c(OCC)c(OC)c1)C(=O)O. The quantitative estimate of drug-likeness (QED) is 0.691. The molecule has 1 rings (SSSR count). The van der Waals surface area contributed by atoms with Crippen LogP contribution < -0.4 is 19.5 Å². The van der Waals surface area contributed by atoms with Crippen LogP contribution in [0.1, 0.15) is 32.3 Å². The molecule has 2 N–H and O–H groups in total. The molecule has 0 spiro atoms. The molecule has 0 radical (unpaired) electrons. The molecule has 6 heteroatoms. The highest BCUT2D eigenvalue weighted by molar-refractivity contribution is 5.73. The van der Waals surface area contributed by atoms with E-state index in [1.54, 1.807) is 14.2 Å². The van der Waals surface area contributed by atoms with E-state index in [0.29, 0.717) is 36.8 Å². The number of methoxy groups -OCH3 is 2. The van der Waals surface area contributed by atoms with Gasteiger partial charge in [0.05, 0.1) is 20.8 Å². The van der Waals surface area contributed by atoms with Gasteiger partial charge < -0.3 is 24.6 Å². The van der Waals surface area contributed by atoms with E-state index in [1.165, 1.54) is 0 Å². The first-order chi connectivity index (χ1) is 10.6. The van der Waals surface area contributed by atoms with Crippen LogP contribution in [0.15, 0.2) is 12.1 Å². The fraction of sp³-hybridized carbons (Fsp3) is 0.562. The number of carboxylic acids is 1. The normalized spacial score (nSPS) is 11.8. The van der Waals surface area contributed by atoms with E-state index < -0.39 is 12.0 Å². The molecule has 1 aromatic carbocycles. The third-order valence-electron chi connectivity index (χ3n) is 3.24. The molecule has 0 fully saturated rings. The molecule has 1 atom stereocenters. The maximum Gasteiger partial charge on any atom is 0.320 e. The van der Waals surface area contributed by atoms with Gasteiger partial charge in [0, 0.05) is 6.54 Å². The summed E-state index contributed by atoms with van der Waals surface area (Å²) < 4.78 is 16.2. The number of aliphatic carboxylic acids is 1. The van der Waals surface area contributed by atoms with E-state index in [4.69, 9.17) is 19.3 Å². The van der Waals surface area contributed by atoms with E-state index in [1.807, 2.05) is 26.0 Å². The number of carboxylic acid groups (broad SMARTS) is 1. The van der Waals surface area contributed by atoms with Crippen LogP contribution in [0.2, 0.25) is 0 Å². The van der Waals surface area contributed by atoms with Gasteiger partial charge in [-0.3, -0.25) is 4.79 Å². The Morgan fingerprint density at radius 1 is 1.23 bits per heavy atom. The summed E-state index contributed by atoms with van der Waals surface area (Å²) in [6, 6.07) is 3.09. The van der Waals surface area contributed by atoms with Crippen molar-refractivity contribution >= 4 is 5.97 Å². The van der Waals surface area contributed by atoms with Gasteiger partial charge >= 0.3 is 5.97 Å². The lowest BCUT2D eigenvalue weighted by Crippen LogP contribution is -2.36. The van der Waals surface area contributed by atoms with Gasteiger partial charge in [0.15, 0.2) is 11.5 Å². The molecule has 0 amide bonds. The van der Waals surface area contributed by atoms with Gasteiger partial charge in [-0.2, -0.15) is 0 Å². The largest absolute Gasteiger partial charge is 0.493 e. The zero-order valence-corrected chi connectivity index (χ0v) is 13.6. The van der Waals surface area contributed by atoms with Gasteiger partial charge in [-0.1, -0.05) is 13.3 Å². The van der Waals surface area contributed by atoms with E-state index >= 15 is 0 Å². The standard InChI is InChI=1S/C16H25NO5/c1-5-7-12(16(18)19)17-10-11-8-13(20-3)15(22-6-2)14(9-11)21-4/h8-9,12,17H,5-7,10H2,1-4H3,(H,18,19). The number of benzene rings is 1. The molecule has 0 aliphatic rings. The molecular weight excluding hydrogens is 286 g/mol. The van der Waals surface area contributed by atoms with Crippen LogP contribution >= 0.6 is 0 Å². The Hall–Kier alpha value is -1.95. The fourth-order valence-corrected chi connectivity index (χ4v) is 2.17. The first kappa shape index (κ1) is 18.1. The predicted octanol–water partition coefficient (Wildman–Crippen LogP) is 2.45. The minimum atomic E-state index is -0.841. The Kier molecular flexibility index (Phi) is 7.52. The van der Waals surface area contributed by atoms with E-state index in [9.17, 15) is 4.79 Å². The van der Waals surface area contributed by atoms with Crippen LogP contribution in [-0.4, -0.2) is 37.9 Å². The molecule has 124 valence electrons. The number of rotatable bonds is 10. The molecule has 0 heterocycles. The molecule has 1 unspecified atom stereocenters. The second-order valence-electron chi connectivity index (χ2n) is 4.82. The van der Waals surface area contributed by atoms with Crippen molar-refractivity contribution in [2.75, 3.05) is 20.8 Å². The number of hydrogen-bond donors (Lipinski definition) is 2. The summed E-state index contributed by atoms with van der Waals surface area (Å²) in [6.45, 7) is 4.76. The minimum absolute atomic E-state index is 0.413. The van der Waals surface area contributed by atoms with Gasteiger partial charge in [0.25, 0.3) is 0 Å². The van der Waals surface area contributed by atoms with Crippen molar-refractivity contribution in [3.05, 3.63) is 17.7 Å². The molecule has 0 aromatic heterocycles. The smallest absolute Gasteiger partial charge is 0.320 e. The summed E-state index contributed by atoms with van der Waals surface area (Å²) in [7, 11) is 3.12. The Morgan fingerprint density at radius 2 is 1.82 bits per heavy atom. The first-order valence-corrected chi connectivity index (χ1v) is 7.41. The van der Waals surface area contributed by atoms with Gasteiger partial charge in [-0.25, -0.2) is 0 Å². The summed E-state index contributed by atoms with van der Waals surface area (Å²) in [5, 5.41) is 12.2. The zero-order chi connectivity index (χ0) is 16.5. The van der Waals surface area contributed by atoms with Crippen LogP contribution in [0.4, 0.5) is 0 Å². The van der Waals surface area contributed by atoms with Crippen molar-refractivity contribution in [2.24, 2.45) is 0 Å². The van der Waals surface area contributed by atoms with Gasteiger partial charge in [0.2, 0.25) is 5.75 Å². The molecule has 0 saturated carbocycles. The third-order valence-corrected chi connectivity index (χ3v) is 3.24. The van der Waals surface area contributed by atoms with Crippen molar-refractivity contribution in [2.45, 2.75) is 39.3 Å².